The van der Waals surface area contributed by atoms with Crippen LogP contribution in [0.25, 0.3) is 0 Å². The van der Waals surface area contributed by atoms with E-state index in [0.29, 0.717) is 17.8 Å². The fourth-order valence-electron chi connectivity index (χ4n) is 6.04. The molecule has 0 radical (unpaired) electrons. The number of fused-ring (bicyclic) bond motifs is 3. The smallest absolute Gasteiger partial charge is 0.235 e. The molecule has 0 bridgehead atoms. The third-order valence-electron chi connectivity index (χ3n) is 7.46. The van der Waals surface area contributed by atoms with Crippen LogP contribution < -0.4 is 16.8 Å². The topological polar surface area (TPSA) is 193 Å². The van der Waals surface area contributed by atoms with E-state index >= 15 is 0 Å². The number of nitrogen functional groups attached to an aromatic ring is 1. The van der Waals surface area contributed by atoms with E-state index in [1.807, 2.05) is 6.92 Å². The number of benzene rings is 1. The minimum atomic E-state index is -2.74. The molecule has 0 heterocycles. The maximum absolute atomic E-state index is 13.7. The van der Waals surface area contributed by atoms with Crippen molar-refractivity contribution in [2.45, 2.75) is 31.4 Å². The molecule has 0 spiro atoms. The number of nitrogens with zero attached hydrogens (tertiary/aromatic N) is 1. The van der Waals surface area contributed by atoms with E-state index < -0.39 is 70.1 Å². The summed E-state index contributed by atoms with van der Waals surface area (Å²) in [6.07, 6.45) is 0.183. The highest BCUT2D eigenvalue weighted by Crippen LogP contribution is 2.52. The van der Waals surface area contributed by atoms with Gasteiger partial charge in [-0.2, -0.15) is 0 Å². The van der Waals surface area contributed by atoms with Crippen molar-refractivity contribution in [3.63, 3.8) is 0 Å². The highest BCUT2D eigenvalue weighted by molar-refractivity contribution is 6.32. The van der Waals surface area contributed by atoms with E-state index in [1.165, 1.54) is 11.0 Å². The number of primary amides is 1. The molecule has 1 amide bonds. The summed E-state index contributed by atoms with van der Waals surface area (Å²) < 4.78 is 0. The van der Waals surface area contributed by atoms with Gasteiger partial charge in [0.15, 0.2) is 34.7 Å². The summed E-state index contributed by atoms with van der Waals surface area (Å²) >= 11 is 0. The van der Waals surface area contributed by atoms with E-state index in [9.17, 15) is 34.2 Å². The third-order valence-corrected chi connectivity index (χ3v) is 7.46. The zero-order valence-electron chi connectivity index (χ0n) is 19.1. The molecule has 7 N–H and O–H groups in total. The summed E-state index contributed by atoms with van der Waals surface area (Å²) in [7, 11) is 3.08. The fraction of sp³-hybridized carbons (Fsp3) is 0.522. The Bertz CT molecular complexity index is 1150. The molecule has 4 unspecified atom stereocenters. The summed E-state index contributed by atoms with van der Waals surface area (Å²) in [5, 5.41) is 25.2. The number of hydrogen-bond donors (Lipinski definition) is 5. The second kappa shape index (κ2) is 7.88. The van der Waals surface area contributed by atoms with Crippen LogP contribution in [0, 0.1) is 23.7 Å². The van der Waals surface area contributed by atoms with Crippen LogP contribution in [0.15, 0.2) is 6.07 Å². The van der Waals surface area contributed by atoms with E-state index in [0.717, 1.165) is 0 Å². The van der Waals surface area contributed by atoms with Crippen LogP contribution in [0.3, 0.4) is 0 Å². The molecule has 1 aromatic carbocycles. The van der Waals surface area contributed by atoms with Crippen LogP contribution in [-0.4, -0.2) is 76.4 Å². The number of aliphatic hydroxyl groups is 1. The first-order chi connectivity index (χ1) is 15.9. The maximum atomic E-state index is 13.7. The average molecular weight is 472 g/mol. The predicted octanol–water partition coefficient (Wildman–Crippen LogP) is -1.12. The molecule has 0 aliphatic heterocycles. The Morgan fingerprint density at radius 3 is 2.44 bits per heavy atom. The van der Waals surface area contributed by atoms with Gasteiger partial charge in [0.2, 0.25) is 5.91 Å². The maximum Gasteiger partial charge on any atom is 0.235 e. The van der Waals surface area contributed by atoms with Crippen molar-refractivity contribution in [2.75, 3.05) is 31.7 Å². The van der Waals surface area contributed by atoms with E-state index in [-0.39, 0.29) is 24.1 Å². The number of phenolic OH excluding ortho intramolecular Hbond substituents is 1. The van der Waals surface area contributed by atoms with Gasteiger partial charge in [0.1, 0.15) is 5.75 Å². The van der Waals surface area contributed by atoms with Crippen molar-refractivity contribution in [3.05, 3.63) is 17.2 Å². The molecule has 11 heteroatoms. The quantitative estimate of drug-likeness (QED) is 0.155. The van der Waals surface area contributed by atoms with Crippen LogP contribution in [0.1, 0.15) is 29.3 Å². The zero-order chi connectivity index (χ0) is 25.3. The van der Waals surface area contributed by atoms with Crippen LogP contribution in [-0.2, 0) is 25.6 Å². The normalized spacial score (nSPS) is 32.8. The third kappa shape index (κ3) is 3.00. The Morgan fingerprint density at radius 2 is 1.88 bits per heavy atom. The molecule has 34 heavy (non-hydrogen) atoms. The first kappa shape index (κ1) is 23.8. The van der Waals surface area contributed by atoms with Gasteiger partial charge in [-0.15, -0.1) is 0 Å². The first-order valence-corrected chi connectivity index (χ1v) is 11.1. The lowest BCUT2D eigenvalue weighted by Crippen LogP contribution is -2.74. The van der Waals surface area contributed by atoms with Crippen LogP contribution in [0.4, 0.5) is 11.4 Å². The van der Waals surface area contributed by atoms with Crippen molar-refractivity contribution in [3.8, 4) is 5.75 Å². The lowest BCUT2D eigenvalue weighted by Gasteiger charge is -2.52. The molecule has 0 saturated heterocycles. The van der Waals surface area contributed by atoms with Crippen molar-refractivity contribution in [1.29, 1.82) is 0 Å². The minimum absolute atomic E-state index is 0.000594. The SMILES string of the molecule is CCNc1cc(N)c(O)c2c1CC1CC3[C@H](N(C)C)C(=O)C(C(N)=O)C(=O)[C@@]3(O)C(=O)C1C2=O. The molecule has 3 aliphatic carbocycles. The summed E-state index contributed by atoms with van der Waals surface area (Å²) in [5.41, 5.74) is 9.30. The molecule has 1 aromatic rings. The number of ketones is 4. The molecule has 182 valence electrons. The Labute approximate surface area is 195 Å². The summed E-state index contributed by atoms with van der Waals surface area (Å²) in [6.45, 7) is 2.36. The largest absolute Gasteiger partial charge is 0.505 e. The molecule has 6 atom stereocenters. The molecule has 2 saturated carbocycles. The van der Waals surface area contributed by atoms with Gasteiger partial charge in [0.05, 0.1) is 23.2 Å². The van der Waals surface area contributed by atoms with Crippen molar-refractivity contribution < 1.29 is 34.2 Å². The number of hydrogen-bond acceptors (Lipinski definition) is 10. The van der Waals surface area contributed by atoms with Crippen molar-refractivity contribution in [2.24, 2.45) is 29.4 Å². The predicted molar refractivity (Wildman–Crippen MR) is 120 cm³/mol. The number of anilines is 2. The van der Waals surface area contributed by atoms with Gasteiger partial charge in [0.25, 0.3) is 0 Å². The lowest BCUT2D eigenvalue weighted by atomic mass is 9.52. The number of carbonyl (C=O) groups excluding carboxylic acids is 5. The number of phenols is 1. The second-order valence-electron chi connectivity index (χ2n) is 9.54. The Kier molecular flexibility index (Phi) is 5.52. The average Bonchev–Trinajstić information content (AvgIpc) is 2.74. The number of nitrogens with one attached hydrogen (secondary N) is 1. The number of rotatable bonds is 4. The van der Waals surface area contributed by atoms with Gasteiger partial charge >= 0.3 is 0 Å². The van der Waals surface area contributed by atoms with Gasteiger partial charge in [-0.3, -0.25) is 28.9 Å². The molecule has 0 aromatic heterocycles. The van der Waals surface area contributed by atoms with Crippen molar-refractivity contribution in [1.82, 2.24) is 4.90 Å². The van der Waals surface area contributed by atoms with E-state index in [1.54, 1.807) is 14.1 Å². The van der Waals surface area contributed by atoms with Crippen LogP contribution >= 0.6 is 0 Å². The van der Waals surface area contributed by atoms with Gasteiger partial charge < -0.3 is 27.0 Å². The second-order valence-corrected chi connectivity index (χ2v) is 9.54. The van der Waals surface area contributed by atoms with Crippen LogP contribution in [0.2, 0.25) is 0 Å². The Hall–Kier alpha value is -3.31. The number of aromatic hydroxyl groups is 1. The fourth-order valence-corrected chi connectivity index (χ4v) is 6.04. The first-order valence-electron chi connectivity index (χ1n) is 11.1. The number of carbonyl (C=O) groups is 5. The summed E-state index contributed by atoms with van der Waals surface area (Å²) in [6, 6.07) is 0.384. The molecule has 4 rings (SSSR count). The lowest BCUT2D eigenvalue weighted by molar-refractivity contribution is -0.181. The highest BCUT2D eigenvalue weighted by Gasteiger charge is 2.69. The van der Waals surface area contributed by atoms with Gasteiger partial charge in [-0.05, 0) is 51.4 Å². The molecule has 2 fully saturated rings. The van der Waals surface area contributed by atoms with E-state index in [2.05, 4.69) is 5.32 Å². The zero-order valence-corrected chi connectivity index (χ0v) is 19.1. The standard InChI is InChI=1S/C23H28N4O7/c1-4-26-12-7-11(24)17(28)14-9(12)5-8-6-10-16(27(2)3)19(30)15(22(25)33)21(32)23(10,34)20(31)13(8)18(14)29/h7-8,10,13,15-16,26,28,34H,4-6,24H2,1-3H3,(H2,25,33)/t8?,10?,13?,15?,16-,23-/m0/s1. The highest BCUT2D eigenvalue weighted by atomic mass is 16.3. The molecule has 3 aliphatic rings. The Morgan fingerprint density at radius 1 is 1.24 bits per heavy atom. The Balaban J connectivity index is 1.89. The molecule has 11 nitrogen and oxygen atoms in total. The number of likely N-dealkylation sites (N-methyl/N-ethyl adjacent to an activating group) is 1. The van der Waals surface area contributed by atoms with Gasteiger partial charge in [0, 0.05) is 18.2 Å². The van der Waals surface area contributed by atoms with Gasteiger partial charge in [-0.25, -0.2) is 0 Å². The minimum Gasteiger partial charge on any atom is -0.505 e. The molecular formula is C23H28N4O7. The monoisotopic (exact) mass is 472 g/mol. The van der Waals surface area contributed by atoms with Crippen molar-refractivity contribution >= 4 is 40.4 Å². The van der Waals surface area contributed by atoms with Gasteiger partial charge in [-0.1, -0.05) is 0 Å². The summed E-state index contributed by atoms with van der Waals surface area (Å²) in [5.74, 6) is -10.9. The van der Waals surface area contributed by atoms with Crippen LogP contribution in [0.5, 0.6) is 5.75 Å². The number of nitrogens with two attached hydrogens (primary N) is 2. The molecular weight excluding hydrogens is 444 g/mol. The van der Waals surface area contributed by atoms with E-state index in [4.69, 9.17) is 11.5 Å². The summed E-state index contributed by atoms with van der Waals surface area (Å²) in [4.78, 5) is 66.9. The number of amides is 1. The number of Topliss-reactive ketones (excluding diaryl/α,β-unsaturated/α-hetero) is 4.